The number of fused-ring (bicyclic) bond motifs is 1. The molecule has 5 nitrogen and oxygen atoms in total. The van der Waals surface area contributed by atoms with Gasteiger partial charge in [0.2, 0.25) is 0 Å². The average molecular weight is 323 g/mol. The van der Waals surface area contributed by atoms with Gasteiger partial charge in [0, 0.05) is 10.3 Å². The maximum atomic E-state index is 12.4. The van der Waals surface area contributed by atoms with Crippen molar-refractivity contribution in [1.29, 1.82) is 0 Å². The van der Waals surface area contributed by atoms with Crippen LogP contribution in [0.2, 0.25) is 0 Å². The summed E-state index contributed by atoms with van der Waals surface area (Å²) in [5, 5.41) is 13.6. The van der Waals surface area contributed by atoms with Crippen LogP contribution in [0.5, 0.6) is 0 Å². The van der Waals surface area contributed by atoms with Crippen molar-refractivity contribution in [1.82, 2.24) is 5.32 Å². The molecule has 2 rings (SSSR count). The highest BCUT2D eigenvalue weighted by molar-refractivity contribution is 7.10. The lowest BCUT2D eigenvalue weighted by Crippen LogP contribution is -2.44. The Bertz CT molecular complexity index is 566. The number of rotatable bonds is 7. The highest BCUT2D eigenvalue weighted by Crippen LogP contribution is 2.32. The molecule has 1 aromatic heterocycles. The molecule has 1 aliphatic carbocycles. The van der Waals surface area contributed by atoms with E-state index in [1.165, 1.54) is 11.0 Å². The van der Waals surface area contributed by atoms with Crippen LogP contribution in [0, 0.1) is 5.92 Å². The van der Waals surface area contributed by atoms with Gasteiger partial charge in [0.1, 0.15) is 0 Å². The van der Waals surface area contributed by atoms with Crippen molar-refractivity contribution in [2.75, 3.05) is 13.2 Å². The van der Waals surface area contributed by atoms with Gasteiger partial charge in [-0.15, -0.1) is 17.9 Å². The lowest BCUT2D eigenvalue weighted by atomic mass is 9.88. The zero-order valence-electron chi connectivity index (χ0n) is 12.6. The van der Waals surface area contributed by atoms with Crippen molar-refractivity contribution in [3.8, 4) is 0 Å². The molecular weight excluding hydrogens is 302 g/mol. The van der Waals surface area contributed by atoms with Gasteiger partial charge < -0.3 is 15.2 Å². The minimum Gasteiger partial charge on any atom is -0.480 e. The van der Waals surface area contributed by atoms with Crippen LogP contribution in [-0.2, 0) is 22.4 Å². The fourth-order valence-corrected chi connectivity index (χ4v) is 3.79. The molecule has 0 bridgehead atoms. The van der Waals surface area contributed by atoms with Crippen LogP contribution in [0.15, 0.2) is 18.0 Å². The molecule has 0 radical (unpaired) electrons. The van der Waals surface area contributed by atoms with Crippen molar-refractivity contribution in [3.05, 3.63) is 34.0 Å². The SMILES string of the molecule is C=CCOCC(NC(=O)c1csc2c1CCC(C)C2)C(=O)O. The predicted molar refractivity (Wildman–Crippen MR) is 85.4 cm³/mol. The predicted octanol–water partition coefficient (Wildman–Crippen LogP) is 2.26. The van der Waals surface area contributed by atoms with E-state index < -0.39 is 12.0 Å². The first-order valence-electron chi connectivity index (χ1n) is 7.34. The molecule has 22 heavy (non-hydrogen) atoms. The lowest BCUT2D eigenvalue weighted by molar-refractivity contribution is -0.140. The molecule has 2 N–H and O–H groups in total. The summed E-state index contributed by atoms with van der Waals surface area (Å²) < 4.78 is 5.14. The van der Waals surface area contributed by atoms with Crippen molar-refractivity contribution < 1.29 is 19.4 Å². The Labute approximate surface area is 134 Å². The van der Waals surface area contributed by atoms with Gasteiger partial charge in [-0.05, 0) is 30.7 Å². The smallest absolute Gasteiger partial charge is 0.328 e. The highest BCUT2D eigenvalue weighted by Gasteiger charge is 2.26. The minimum atomic E-state index is -1.10. The van der Waals surface area contributed by atoms with Crippen LogP contribution in [0.1, 0.15) is 34.1 Å². The monoisotopic (exact) mass is 323 g/mol. The van der Waals surface area contributed by atoms with Gasteiger partial charge in [0.25, 0.3) is 5.91 Å². The molecule has 0 saturated heterocycles. The van der Waals surface area contributed by atoms with E-state index in [0.29, 0.717) is 11.5 Å². The second-order valence-corrected chi connectivity index (χ2v) is 6.55. The number of aliphatic carboxylic acids is 1. The van der Waals surface area contributed by atoms with Crippen molar-refractivity contribution in [2.24, 2.45) is 5.92 Å². The number of amides is 1. The molecule has 0 aliphatic heterocycles. The summed E-state index contributed by atoms with van der Waals surface area (Å²) in [6, 6.07) is -1.05. The fourth-order valence-electron chi connectivity index (χ4n) is 2.55. The van der Waals surface area contributed by atoms with Crippen LogP contribution >= 0.6 is 11.3 Å². The summed E-state index contributed by atoms with van der Waals surface area (Å²) in [6.07, 6.45) is 4.48. The first-order valence-corrected chi connectivity index (χ1v) is 8.22. The van der Waals surface area contributed by atoms with Crippen molar-refractivity contribution in [2.45, 2.75) is 32.2 Å². The molecule has 2 unspecified atom stereocenters. The molecule has 6 heteroatoms. The van der Waals surface area contributed by atoms with Gasteiger partial charge in [0.05, 0.1) is 18.8 Å². The number of thiophene rings is 1. The van der Waals surface area contributed by atoms with E-state index >= 15 is 0 Å². The van der Waals surface area contributed by atoms with Crippen LogP contribution in [-0.4, -0.2) is 36.2 Å². The number of carbonyl (C=O) groups is 2. The molecule has 0 fully saturated rings. The molecule has 1 aromatic rings. The van der Waals surface area contributed by atoms with E-state index in [-0.39, 0.29) is 19.1 Å². The van der Waals surface area contributed by atoms with E-state index in [0.717, 1.165) is 24.8 Å². The summed E-state index contributed by atoms with van der Waals surface area (Å²) in [7, 11) is 0. The van der Waals surface area contributed by atoms with Crippen molar-refractivity contribution >= 4 is 23.2 Å². The second kappa shape index (κ2) is 7.56. The number of hydrogen-bond donors (Lipinski definition) is 2. The molecule has 0 aromatic carbocycles. The third-order valence-corrected chi connectivity index (χ3v) is 4.82. The number of carbonyl (C=O) groups excluding carboxylic acids is 1. The summed E-state index contributed by atoms with van der Waals surface area (Å²) in [4.78, 5) is 24.8. The first kappa shape index (κ1) is 16.7. The Morgan fingerprint density at radius 1 is 1.64 bits per heavy atom. The lowest BCUT2D eigenvalue weighted by Gasteiger charge is -2.19. The zero-order valence-corrected chi connectivity index (χ0v) is 13.4. The number of carboxylic acid groups (broad SMARTS) is 1. The van der Waals surface area contributed by atoms with Gasteiger partial charge in [-0.3, -0.25) is 4.79 Å². The van der Waals surface area contributed by atoms with Crippen LogP contribution in [0.25, 0.3) is 0 Å². The van der Waals surface area contributed by atoms with Crippen LogP contribution in [0.4, 0.5) is 0 Å². The van der Waals surface area contributed by atoms with Crippen LogP contribution < -0.4 is 5.32 Å². The topological polar surface area (TPSA) is 75.6 Å². The van der Waals surface area contributed by atoms with Gasteiger partial charge >= 0.3 is 5.97 Å². The van der Waals surface area contributed by atoms with E-state index in [2.05, 4.69) is 18.8 Å². The molecular formula is C16H21NO4S. The van der Waals surface area contributed by atoms with E-state index in [1.807, 2.05) is 5.38 Å². The van der Waals surface area contributed by atoms with Gasteiger partial charge in [-0.1, -0.05) is 13.0 Å². The molecule has 120 valence electrons. The Balaban J connectivity index is 2.04. The molecule has 0 spiro atoms. The summed E-state index contributed by atoms with van der Waals surface area (Å²) >= 11 is 1.59. The van der Waals surface area contributed by atoms with E-state index in [4.69, 9.17) is 4.74 Å². The summed E-state index contributed by atoms with van der Waals surface area (Å²) in [5.74, 6) is -0.794. The quantitative estimate of drug-likeness (QED) is 0.596. The molecule has 2 atom stereocenters. The maximum absolute atomic E-state index is 12.4. The number of nitrogens with one attached hydrogen (secondary N) is 1. The largest absolute Gasteiger partial charge is 0.480 e. The Hall–Kier alpha value is -1.66. The second-order valence-electron chi connectivity index (χ2n) is 5.59. The van der Waals surface area contributed by atoms with Gasteiger partial charge in [-0.25, -0.2) is 4.79 Å². The maximum Gasteiger partial charge on any atom is 0.328 e. The highest BCUT2D eigenvalue weighted by atomic mass is 32.1. The molecule has 0 saturated carbocycles. The normalized spacial score (nSPS) is 18.3. The van der Waals surface area contributed by atoms with E-state index in [9.17, 15) is 14.7 Å². The zero-order chi connectivity index (χ0) is 16.1. The summed E-state index contributed by atoms with van der Waals surface area (Å²) in [6.45, 7) is 5.89. The Morgan fingerprint density at radius 3 is 3.09 bits per heavy atom. The summed E-state index contributed by atoms with van der Waals surface area (Å²) in [5.41, 5.74) is 1.69. The third-order valence-electron chi connectivity index (χ3n) is 3.77. The number of ether oxygens (including phenoxy) is 1. The van der Waals surface area contributed by atoms with Crippen molar-refractivity contribution in [3.63, 3.8) is 0 Å². The van der Waals surface area contributed by atoms with Crippen LogP contribution in [0.3, 0.4) is 0 Å². The molecule has 1 heterocycles. The standard InChI is InChI=1S/C16H21NO4S/c1-3-6-21-8-13(16(19)20)17-15(18)12-9-22-14-7-10(2)4-5-11(12)14/h3,9-10,13H,1,4-8H2,2H3,(H,17,18)(H,19,20). The minimum absolute atomic E-state index is 0.0730. The Morgan fingerprint density at radius 2 is 2.41 bits per heavy atom. The molecule has 1 aliphatic rings. The fraction of sp³-hybridized carbons (Fsp3) is 0.500. The Kier molecular flexibility index (Phi) is 5.74. The number of carboxylic acids is 1. The van der Waals surface area contributed by atoms with E-state index in [1.54, 1.807) is 11.3 Å². The molecule has 1 amide bonds. The third kappa shape index (κ3) is 3.96. The first-order chi connectivity index (χ1) is 10.5. The number of hydrogen-bond acceptors (Lipinski definition) is 4. The van der Waals surface area contributed by atoms with Gasteiger partial charge in [-0.2, -0.15) is 0 Å². The average Bonchev–Trinajstić information content (AvgIpc) is 2.89. The van der Waals surface area contributed by atoms with Gasteiger partial charge in [0.15, 0.2) is 6.04 Å².